The van der Waals surface area contributed by atoms with E-state index in [4.69, 9.17) is 11.5 Å². The van der Waals surface area contributed by atoms with E-state index in [1.807, 2.05) is 6.07 Å². The summed E-state index contributed by atoms with van der Waals surface area (Å²) in [5.41, 5.74) is 15.7. The van der Waals surface area contributed by atoms with Gasteiger partial charge in [-0.25, -0.2) is 0 Å². The van der Waals surface area contributed by atoms with Crippen molar-refractivity contribution in [3.05, 3.63) is 23.3 Å². The van der Waals surface area contributed by atoms with Crippen molar-refractivity contribution < 1.29 is 0 Å². The first-order valence-electron chi connectivity index (χ1n) is 4.74. The molecule has 0 aliphatic heterocycles. The molecule has 72 valence electrons. The van der Waals surface area contributed by atoms with E-state index in [-0.39, 0.29) is 0 Å². The summed E-state index contributed by atoms with van der Waals surface area (Å²) in [4.78, 5) is 0. The van der Waals surface area contributed by atoms with Crippen molar-refractivity contribution in [3.8, 4) is 0 Å². The van der Waals surface area contributed by atoms with Crippen LogP contribution in [0, 0.1) is 0 Å². The van der Waals surface area contributed by atoms with Gasteiger partial charge in [0.15, 0.2) is 0 Å². The zero-order valence-electron chi connectivity index (χ0n) is 8.59. The van der Waals surface area contributed by atoms with Crippen LogP contribution in [0.5, 0.6) is 0 Å². The van der Waals surface area contributed by atoms with Gasteiger partial charge in [-0.1, -0.05) is 26.8 Å². The summed E-state index contributed by atoms with van der Waals surface area (Å²) in [7, 11) is 0. The fourth-order valence-electron chi connectivity index (χ4n) is 1.50. The molecule has 0 aliphatic carbocycles. The standard InChI is InChI=1S/C11H18N2/c1-4-8-5-9(7(2)3)11(13)6-10(8)12/h5-7H,4,12-13H2,1-3H3. The molecule has 4 N–H and O–H groups in total. The molecular weight excluding hydrogens is 160 g/mol. The maximum Gasteiger partial charge on any atom is 0.0370 e. The van der Waals surface area contributed by atoms with E-state index in [0.717, 1.165) is 17.8 Å². The SMILES string of the molecule is CCc1cc(C(C)C)c(N)cc1N. The predicted molar refractivity (Wildman–Crippen MR) is 58.7 cm³/mol. The minimum absolute atomic E-state index is 0.464. The van der Waals surface area contributed by atoms with Crippen LogP contribution in [0.25, 0.3) is 0 Å². The number of hydrogen-bond donors (Lipinski definition) is 2. The highest BCUT2D eigenvalue weighted by Crippen LogP contribution is 2.27. The second kappa shape index (κ2) is 3.69. The molecule has 0 aliphatic rings. The summed E-state index contributed by atoms with van der Waals surface area (Å²) in [5, 5.41) is 0. The molecule has 1 aromatic carbocycles. The molecule has 0 amide bonds. The molecule has 0 saturated heterocycles. The number of anilines is 2. The van der Waals surface area contributed by atoms with Crippen LogP contribution < -0.4 is 11.5 Å². The minimum atomic E-state index is 0.464. The van der Waals surface area contributed by atoms with Gasteiger partial charge in [0, 0.05) is 11.4 Å². The number of aryl methyl sites for hydroxylation is 1. The summed E-state index contributed by atoms with van der Waals surface area (Å²) in [6, 6.07) is 3.99. The second-order valence-electron chi connectivity index (χ2n) is 3.69. The number of benzene rings is 1. The van der Waals surface area contributed by atoms with E-state index < -0.39 is 0 Å². The molecule has 0 heterocycles. The molecule has 0 bridgehead atoms. The van der Waals surface area contributed by atoms with Gasteiger partial charge in [0.2, 0.25) is 0 Å². The first kappa shape index (κ1) is 9.90. The van der Waals surface area contributed by atoms with Crippen molar-refractivity contribution in [2.45, 2.75) is 33.1 Å². The van der Waals surface area contributed by atoms with Crippen LogP contribution in [0.1, 0.15) is 37.8 Å². The molecule has 13 heavy (non-hydrogen) atoms. The Kier molecular flexibility index (Phi) is 2.81. The molecule has 2 heteroatoms. The largest absolute Gasteiger partial charge is 0.398 e. The monoisotopic (exact) mass is 178 g/mol. The predicted octanol–water partition coefficient (Wildman–Crippen LogP) is 2.54. The maximum atomic E-state index is 5.87. The lowest BCUT2D eigenvalue weighted by molar-refractivity contribution is 0.866. The number of nitrogen functional groups attached to an aromatic ring is 2. The van der Waals surface area contributed by atoms with E-state index in [1.165, 1.54) is 11.1 Å². The molecule has 0 unspecified atom stereocenters. The van der Waals surface area contributed by atoms with E-state index in [2.05, 4.69) is 26.8 Å². The zero-order chi connectivity index (χ0) is 10.0. The lowest BCUT2D eigenvalue weighted by Crippen LogP contribution is -2.01. The van der Waals surface area contributed by atoms with Gasteiger partial charge in [-0.15, -0.1) is 0 Å². The molecule has 0 atom stereocenters. The Hall–Kier alpha value is -1.18. The third-order valence-electron chi connectivity index (χ3n) is 2.35. The Morgan fingerprint density at radius 1 is 1.15 bits per heavy atom. The molecule has 0 radical (unpaired) electrons. The zero-order valence-corrected chi connectivity index (χ0v) is 8.59. The maximum absolute atomic E-state index is 5.87. The molecular formula is C11H18N2. The topological polar surface area (TPSA) is 52.0 Å². The highest BCUT2D eigenvalue weighted by Gasteiger charge is 2.07. The number of hydrogen-bond acceptors (Lipinski definition) is 2. The lowest BCUT2D eigenvalue weighted by atomic mass is 9.97. The van der Waals surface area contributed by atoms with Crippen molar-refractivity contribution >= 4 is 11.4 Å². The molecule has 2 nitrogen and oxygen atoms in total. The van der Waals surface area contributed by atoms with Gasteiger partial charge in [-0.3, -0.25) is 0 Å². The normalized spacial score (nSPS) is 10.8. The van der Waals surface area contributed by atoms with Crippen LogP contribution in [-0.4, -0.2) is 0 Å². The van der Waals surface area contributed by atoms with Crippen molar-refractivity contribution in [1.82, 2.24) is 0 Å². The summed E-state index contributed by atoms with van der Waals surface area (Å²) in [6.07, 6.45) is 0.964. The highest BCUT2D eigenvalue weighted by molar-refractivity contribution is 5.62. The van der Waals surface area contributed by atoms with Crippen LogP contribution in [0.2, 0.25) is 0 Å². The number of nitrogens with two attached hydrogens (primary N) is 2. The Morgan fingerprint density at radius 3 is 2.23 bits per heavy atom. The molecule has 1 rings (SSSR count). The van der Waals surface area contributed by atoms with Crippen LogP contribution in [0.4, 0.5) is 11.4 Å². The van der Waals surface area contributed by atoms with E-state index in [9.17, 15) is 0 Å². The van der Waals surface area contributed by atoms with E-state index >= 15 is 0 Å². The van der Waals surface area contributed by atoms with Gasteiger partial charge in [0.05, 0.1) is 0 Å². The third kappa shape index (κ3) is 1.94. The van der Waals surface area contributed by atoms with Crippen molar-refractivity contribution in [2.75, 3.05) is 11.5 Å². The van der Waals surface area contributed by atoms with Crippen LogP contribution in [0.3, 0.4) is 0 Å². The average Bonchev–Trinajstić information content (AvgIpc) is 2.03. The number of rotatable bonds is 2. The average molecular weight is 178 g/mol. The lowest BCUT2D eigenvalue weighted by Gasteiger charge is -2.13. The van der Waals surface area contributed by atoms with Crippen molar-refractivity contribution in [3.63, 3.8) is 0 Å². The van der Waals surface area contributed by atoms with Gasteiger partial charge in [0.1, 0.15) is 0 Å². The van der Waals surface area contributed by atoms with Gasteiger partial charge in [-0.05, 0) is 29.5 Å². The summed E-state index contributed by atoms with van der Waals surface area (Å²) >= 11 is 0. The summed E-state index contributed by atoms with van der Waals surface area (Å²) < 4.78 is 0. The first-order valence-corrected chi connectivity index (χ1v) is 4.74. The fourth-order valence-corrected chi connectivity index (χ4v) is 1.50. The fraction of sp³-hybridized carbons (Fsp3) is 0.455. The Bertz CT molecular complexity index is 303. The molecule has 1 aromatic rings. The molecule has 0 spiro atoms. The van der Waals surface area contributed by atoms with Gasteiger partial charge >= 0.3 is 0 Å². The van der Waals surface area contributed by atoms with Gasteiger partial charge in [0.25, 0.3) is 0 Å². The van der Waals surface area contributed by atoms with Crippen molar-refractivity contribution in [1.29, 1.82) is 0 Å². The van der Waals surface area contributed by atoms with E-state index in [0.29, 0.717) is 5.92 Å². The Morgan fingerprint density at radius 2 is 1.77 bits per heavy atom. The Balaban J connectivity index is 3.22. The summed E-state index contributed by atoms with van der Waals surface area (Å²) in [5.74, 6) is 0.464. The van der Waals surface area contributed by atoms with Crippen molar-refractivity contribution in [2.24, 2.45) is 0 Å². The Labute approximate surface area is 79.9 Å². The van der Waals surface area contributed by atoms with Gasteiger partial charge in [-0.2, -0.15) is 0 Å². The molecule has 0 aromatic heterocycles. The second-order valence-corrected chi connectivity index (χ2v) is 3.69. The third-order valence-corrected chi connectivity index (χ3v) is 2.35. The first-order chi connectivity index (χ1) is 6.06. The van der Waals surface area contributed by atoms with Gasteiger partial charge < -0.3 is 11.5 Å². The quantitative estimate of drug-likeness (QED) is 0.684. The van der Waals surface area contributed by atoms with Crippen LogP contribution in [0.15, 0.2) is 12.1 Å². The summed E-state index contributed by atoms with van der Waals surface area (Å²) in [6.45, 7) is 6.38. The van der Waals surface area contributed by atoms with E-state index in [1.54, 1.807) is 0 Å². The highest BCUT2D eigenvalue weighted by atomic mass is 14.6. The van der Waals surface area contributed by atoms with Crippen LogP contribution >= 0.6 is 0 Å². The minimum Gasteiger partial charge on any atom is -0.398 e. The smallest absolute Gasteiger partial charge is 0.0370 e. The molecule has 0 fully saturated rings. The van der Waals surface area contributed by atoms with Crippen LogP contribution in [-0.2, 0) is 6.42 Å². The molecule has 0 saturated carbocycles.